The van der Waals surface area contributed by atoms with Crippen LogP contribution in [0.15, 0.2) is 18.2 Å². The van der Waals surface area contributed by atoms with Crippen LogP contribution in [0.2, 0.25) is 0 Å². The van der Waals surface area contributed by atoms with Crippen molar-refractivity contribution in [3.63, 3.8) is 0 Å². The van der Waals surface area contributed by atoms with Crippen LogP contribution in [0.1, 0.15) is 48.8 Å². The monoisotopic (exact) mass is 235 g/mol. The summed E-state index contributed by atoms with van der Waals surface area (Å²) in [6.07, 6.45) is 3.31. The third-order valence-corrected chi connectivity index (χ3v) is 3.29. The maximum Gasteiger partial charge on any atom is 0.0994 e. The van der Waals surface area contributed by atoms with Crippen LogP contribution in [0.4, 0.5) is 0 Å². The largest absolute Gasteiger partial charge is 0.192 e. The fraction of sp³-hybridized carbons (Fsp3) is 0.500. The van der Waals surface area contributed by atoms with Gasteiger partial charge >= 0.3 is 0 Å². The van der Waals surface area contributed by atoms with E-state index in [9.17, 15) is 0 Å². The van der Waals surface area contributed by atoms with Gasteiger partial charge in [0.15, 0.2) is 0 Å². The second-order valence-corrected chi connectivity index (χ2v) is 4.50. The topological polar surface area (TPSA) is 23.8 Å². The Kier molecular flexibility index (Phi) is 5.35. The van der Waals surface area contributed by atoms with Crippen molar-refractivity contribution in [3.05, 3.63) is 34.9 Å². The highest BCUT2D eigenvalue weighted by atomic mass is 35.5. The number of rotatable bonds is 5. The van der Waals surface area contributed by atoms with Gasteiger partial charge in [-0.3, -0.25) is 0 Å². The lowest BCUT2D eigenvalue weighted by molar-refractivity contribution is 0.597. The number of hydrogen-bond acceptors (Lipinski definition) is 1. The highest BCUT2D eigenvalue weighted by Crippen LogP contribution is 2.26. The molecule has 0 saturated heterocycles. The molecule has 1 unspecified atom stereocenters. The number of hydrogen-bond donors (Lipinski definition) is 0. The van der Waals surface area contributed by atoms with Crippen LogP contribution in [0.3, 0.4) is 0 Å². The molecule has 0 saturated carbocycles. The van der Waals surface area contributed by atoms with Gasteiger partial charge in [0.1, 0.15) is 0 Å². The molecule has 1 aromatic rings. The first kappa shape index (κ1) is 13.1. The number of alkyl halides is 1. The Bertz CT molecular complexity index is 379. The van der Waals surface area contributed by atoms with Crippen molar-refractivity contribution in [1.82, 2.24) is 0 Å². The van der Waals surface area contributed by atoms with E-state index >= 15 is 0 Å². The summed E-state index contributed by atoms with van der Waals surface area (Å²) in [7, 11) is 0. The fourth-order valence-corrected chi connectivity index (χ4v) is 2.15. The second kappa shape index (κ2) is 6.55. The lowest BCUT2D eigenvalue weighted by Crippen LogP contribution is -1.99. The fourth-order valence-electron chi connectivity index (χ4n) is 2.00. The van der Waals surface area contributed by atoms with Crippen LogP contribution >= 0.6 is 11.6 Å². The zero-order valence-corrected chi connectivity index (χ0v) is 10.7. The van der Waals surface area contributed by atoms with Crippen LogP contribution in [0.25, 0.3) is 0 Å². The molecular weight excluding hydrogens is 218 g/mol. The van der Waals surface area contributed by atoms with Gasteiger partial charge in [-0.15, -0.1) is 11.6 Å². The van der Waals surface area contributed by atoms with Crippen LogP contribution in [0, 0.1) is 18.3 Å². The minimum absolute atomic E-state index is 0.574. The zero-order chi connectivity index (χ0) is 12.0. The molecule has 16 heavy (non-hydrogen) atoms. The van der Waals surface area contributed by atoms with E-state index in [0.29, 0.717) is 5.92 Å². The smallest absolute Gasteiger partial charge is 0.0994 e. The van der Waals surface area contributed by atoms with Gasteiger partial charge in [0.2, 0.25) is 0 Å². The molecule has 1 aromatic carbocycles. The average molecular weight is 236 g/mol. The molecule has 1 atom stereocenters. The SMILES string of the molecule is CCC(CCCCl)c1ccc(C#N)c(C)c1. The molecule has 2 heteroatoms. The Morgan fingerprint density at radius 3 is 2.69 bits per heavy atom. The van der Waals surface area contributed by atoms with Crippen molar-refractivity contribution in [2.45, 2.75) is 39.0 Å². The summed E-state index contributed by atoms with van der Waals surface area (Å²) in [5.41, 5.74) is 3.18. The van der Waals surface area contributed by atoms with E-state index in [1.54, 1.807) is 0 Å². The Balaban J connectivity index is 2.86. The number of aryl methyl sites for hydroxylation is 1. The molecule has 0 spiro atoms. The van der Waals surface area contributed by atoms with E-state index in [2.05, 4.69) is 25.1 Å². The standard InChI is InChI=1S/C14H18ClN/c1-3-12(5-4-8-15)13-6-7-14(10-16)11(2)9-13/h6-7,9,12H,3-5,8H2,1-2H3. The molecule has 0 bridgehead atoms. The van der Waals surface area contributed by atoms with E-state index in [1.807, 2.05) is 13.0 Å². The molecule has 0 amide bonds. The maximum atomic E-state index is 8.88. The molecule has 1 rings (SSSR count). The third-order valence-electron chi connectivity index (χ3n) is 3.02. The first-order valence-electron chi connectivity index (χ1n) is 5.79. The van der Waals surface area contributed by atoms with Gasteiger partial charge in [0, 0.05) is 5.88 Å². The highest BCUT2D eigenvalue weighted by molar-refractivity contribution is 6.17. The molecule has 1 nitrogen and oxygen atoms in total. The maximum absolute atomic E-state index is 8.88. The number of nitrogens with zero attached hydrogens (tertiary/aromatic N) is 1. The van der Waals surface area contributed by atoms with Crippen LogP contribution < -0.4 is 0 Å². The van der Waals surface area contributed by atoms with Crippen LogP contribution in [-0.4, -0.2) is 5.88 Å². The van der Waals surface area contributed by atoms with E-state index in [0.717, 1.165) is 36.3 Å². The third kappa shape index (κ3) is 3.25. The molecule has 0 heterocycles. The molecule has 0 aromatic heterocycles. The van der Waals surface area contributed by atoms with Crippen molar-refractivity contribution < 1.29 is 0 Å². The normalized spacial score (nSPS) is 12.1. The van der Waals surface area contributed by atoms with Crippen molar-refractivity contribution in [2.24, 2.45) is 0 Å². The van der Waals surface area contributed by atoms with E-state index in [1.165, 1.54) is 5.56 Å². The first-order chi connectivity index (χ1) is 7.72. The van der Waals surface area contributed by atoms with Gasteiger partial charge in [0.05, 0.1) is 11.6 Å². The van der Waals surface area contributed by atoms with Gasteiger partial charge in [-0.25, -0.2) is 0 Å². The second-order valence-electron chi connectivity index (χ2n) is 4.12. The zero-order valence-electron chi connectivity index (χ0n) is 9.96. The Morgan fingerprint density at radius 2 is 2.19 bits per heavy atom. The van der Waals surface area contributed by atoms with Crippen molar-refractivity contribution in [1.29, 1.82) is 5.26 Å². The summed E-state index contributed by atoms with van der Waals surface area (Å²) in [4.78, 5) is 0. The molecule has 86 valence electrons. The Morgan fingerprint density at radius 1 is 1.44 bits per heavy atom. The number of halogens is 1. The molecule has 0 aliphatic carbocycles. The Labute approximate surface area is 103 Å². The van der Waals surface area contributed by atoms with Crippen LogP contribution in [-0.2, 0) is 0 Å². The lowest BCUT2D eigenvalue weighted by atomic mass is 9.90. The molecule has 0 radical (unpaired) electrons. The summed E-state index contributed by atoms with van der Waals surface area (Å²) < 4.78 is 0. The van der Waals surface area contributed by atoms with Gasteiger partial charge in [-0.2, -0.15) is 5.26 Å². The first-order valence-corrected chi connectivity index (χ1v) is 6.33. The Hall–Kier alpha value is -1.00. The number of nitriles is 1. The molecule has 0 aliphatic heterocycles. The summed E-state index contributed by atoms with van der Waals surface area (Å²) >= 11 is 5.73. The quantitative estimate of drug-likeness (QED) is 0.695. The predicted octanol–water partition coefficient (Wildman–Crippen LogP) is 4.38. The van der Waals surface area contributed by atoms with E-state index < -0.39 is 0 Å². The van der Waals surface area contributed by atoms with Gasteiger partial charge in [-0.05, 0) is 49.3 Å². The summed E-state index contributed by atoms with van der Waals surface area (Å²) in [5.74, 6) is 1.30. The summed E-state index contributed by atoms with van der Waals surface area (Å²) in [6, 6.07) is 8.34. The summed E-state index contributed by atoms with van der Waals surface area (Å²) in [5, 5.41) is 8.88. The molecule has 0 N–H and O–H groups in total. The molecular formula is C14H18ClN. The van der Waals surface area contributed by atoms with E-state index in [4.69, 9.17) is 16.9 Å². The molecule has 0 fully saturated rings. The lowest BCUT2D eigenvalue weighted by Gasteiger charge is -2.15. The minimum atomic E-state index is 0.574. The van der Waals surface area contributed by atoms with E-state index in [-0.39, 0.29) is 0 Å². The number of benzene rings is 1. The van der Waals surface area contributed by atoms with Crippen molar-refractivity contribution in [3.8, 4) is 6.07 Å². The highest BCUT2D eigenvalue weighted by Gasteiger charge is 2.10. The summed E-state index contributed by atoms with van der Waals surface area (Å²) in [6.45, 7) is 4.20. The average Bonchev–Trinajstić information content (AvgIpc) is 2.30. The molecule has 0 aliphatic rings. The van der Waals surface area contributed by atoms with Gasteiger partial charge in [-0.1, -0.05) is 19.1 Å². The van der Waals surface area contributed by atoms with Crippen LogP contribution in [0.5, 0.6) is 0 Å². The minimum Gasteiger partial charge on any atom is -0.192 e. The van der Waals surface area contributed by atoms with Crippen molar-refractivity contribution >= 4 is 11.6 Å². The predicted molar refractivity (Wildman–Crippen MR) is 68.9 cm³/mol. The van der Waals surface area contributed by atoms with Gasteiger partial charge in [0.25, 0.3) is 0 Å². The van der Waals surface area contributed by atoms with Gasteiger partial charge < -0.3 is 0 Å². The van der Waals surface area contributed by atoms with Crippen molar-refractivity contribution in [2.75, 3.05) is 5.88 Å².